The highest BCUT2D eigenvalue weighted by Gasteiger charge is 1.72. The minimum absolute atomic E-state index is 0.148. The van der Waals surface area contributed by atoms with Crippen LogP contribution in [0.5, 0.6) is 0 Å². The Kier molecular flexibility index (Phi) is 11.8. The first-order valence-corrected chi connectivity index (χ1v) is 2.45. The second kappa shape index (κ2) is 9.90. The highest BCUT2D eigenvalue weighted by molar-refractivity contribution is 5.12. The second-order valence-corrected chi connectivity index (χ2v) is 1.03. The van der Waals surface area contributed by atoms with Crippen molar-refractivity contribution in [3.8, 4) is 0 Å². The van der Waals surface area contributed by atoms with Gasteiger partial charge in [-0.05, 0) is 12.2 Å². The highest BCUT2D eigenvalue weighted by atomic mass is 16.3. The van der Waals surface area contributed by atoms with Gasteiger partial charge in [0.05, 0.1) is 0 Å². The smallest absolute Gasteiger partial charge is 0.114 e. The predicted octanol–water partition coefficient (Wildman–Crippen LogP) is 2.60. The maximum atomic E-state index is 8.53. The molecule has 0 atom stereocenters. The van der Waals surface area contributed by atoms with E-state index >= 15 is 0 Å². The zero-order valence-electron chi connectivity index (χ0n) is 5.51. The van der Waals surface area contributed by atoms with Crippen LogP contribution in [0.15, 0.2) is 50.3 Å². The van der Waals surface area contributed by atoms with E-state index < -0.39 is 0 Å². The number of aliphatic hydroxyl groups excluding tert-OH is 1. The van der Waals surface area contributed by atoms with Crippen molar-refractivity contribution in [2.24, 2.45) is 0 Å². The van der Waals surface area contributed by atoms with Gasteiger partial charge in [0.15, 0.2) is 0 Å². The maximum absolute atomic E-state index is 8.53. The van der Waals surface area contributed by atoms with Crippen molar-refractivity contribution in [2.45, 2.75) is 0 Å². The molecule has 1 nitrogen and oxygen atoms in total. The van der Waals surface area contributed by atoms with E-state index in [1.165, 1.54) is 18.2 Å². The summed E-state index contributed by atoms with van der Waals surface area (Å²) in [5.41, 5.74) is 0. The maximum Gasteiger partial charge on any atom is 0.114 e. The standard InChI is InChI=1S/C6H8O.C2H4/c1-3-5-6(7)4-2;1-2/h3-5,7H,1-2H2;1-2H2/b6-5+;. The van der Waals surface area contributed by atoms with Gasteiger partial charge in [-0.3, -0.25) is 0 Å². The molecule has 0 aromatic carbocycles. The lowest BCUT2D eigenvalue weighted by molar-refractivity contribution is 0.433. The third kappa shape index (κ3) is 10.8. The van der Waals surface area contributed by atoms with Crippen LogP contribution in [0.3, 0.4) is 0 Å². The molecule has 0 aliphatic rings. The molecule has 0 heterocycles. The van der Waals surface area contributed by atoms with Crippen molar-refractivity contribution in [3.63, 3.8) is 0 Å². The number of rotatable bonds is 2. The monoisotopic (exact) mass is 124 g/mol. The Morgan fingerprint density at radius 2 is 1.67 bits per heavy atom. The molecule has 0 radical (unpaired) electrons. The number of allylic oxidation sites excluding steroid dienone is 3. The van der Waals surface area contributed by atoms with Crippen LogP contribution in [0.2, 0.25) is 0 Å². The van der Waals surface area contributed by atoms with Gasteiger partial charge < -0.3 is 5.11 Å². The van der Waals surface area contributed by atoms with Crippen LogP contribution in [-0.4, -0.2) is 5.11 Å². The summed E-state index contributed by atoms with van der Waals surface area (Å²) in [6.07, 6.45) is 4.31. The van der Waals surface area contributed by atoms with Crippen LogP contribution in [-0.2, 0) is 0 Å². The molecular formula is C8H12O. The van der Waals surface area contributed by atoms with Crippen LogP contribution < -0.4 is 0 Å². The topological polar surface area (TPSA) is 20.2 Å². The van der Waals surface area contributed by atoms with Crippen molar-refractivity contribution in [1.82, 2.24) is 0 Å². The number of hydrogen-bond donors (Lipinski definition) is 1. The third-order valence-electron chi connectivity index (χ3n) is 0.498. The summed E-state index contributed by atoms with van der Waals surface area (Å²) in [6, 6.07) is 0. The van der Waals surface area contributed by atoms with Gasteiger partial charge in [-0.1, -0.05) is 19.2 Å². The lowest BCUT2D eigenvalue weighted by atomic mass is 10.4. The van der Waals surface area contributed by atoms with Gasteiger partial charge in [-0.25, -0.2) is 0 Å². The molecular weight excluding hydrogens is 112 g/mol. The highest BCUT2D eigenvalue weighted by Crippen LogP contribution is 1.85. The van der Waals surface area contributed by atoms with Crippen LogP contribution in [0, 0.1) is 0 Å². The van der Waals surface area contributed by atoms with Gasteiger partial charge in [0.25, 0.3) is 0 Å². The molecule has 1 N–H and O–H groups in total. The molecule has 0 saturated carbocycles. The molecule has 0 aliphatic carbocycles. The molecule has 1 heteroatoms. The van der Waals surface area contributed by atoms with Gasteiger partial charge in [0.2, 0.25) is 0 Å². The SMILES string of the molecule is C=C.C=C/C=C(/O)C=C. The molecule has 0 spiro atoms. The van der Waals surface area contributed by atoms with Gasteiger partial charge in [0, 0.05) is 0 Å². The normalized spacial score (nSPS) is 8.67. The van der Waals surface area contributed by atoms with Gasteiger partial charge in [-0.2, -0.15) is 0 Å². The Morgan fingerprint density at radius 1 is 1.22 bits per heavy atom. The second-order valence-electron chi connectivity index (χ2n) is 1.03. The third-order valence-corrected chi connectivity index (χ3v) is 0.498. The van der Waals surface area contributed by atoms with E-state index in [0.717, 1.165) is 0 Å². The van der Waals surface area contributed by atoms with E-state index in [-0.39, 0.29) is 5.76 Å². The minimum atomic E-state index is 0.148. The summed E-state index contributed by atoms with van der Waals surface area (Å²) in [5.74, 6) is 0.148. The molecule has 0 rings (SSSR count). The minimum Gasteiger partial charge on any atom is -0.508 e. The Balaban J connectivity index is 0. The fourth-order valence-corrected chi connectivity index (χ4v) is 0.189. The fraction of sp³-hybridized carbons (Fsp3) is 0. The first-order valence-electron chi connectivity index (χ1n) is 2.45. The molecule has 50 valence electrons. The number of hydrogen-bond acceptors (Lipinski definition) is 1. The molecule has 0 aromatic rings. The quantitative estimate of drug-likeness (QED) is 0.341. The van der Waals surface area contributed by atoms with Crippen molar-refractivity contribution in [2.75, 3.05) is 0 Å². The molecule has 0 bridgehead atoms. The van der Waals surface area contributed by atoms with Gasteiger partial charge in [0.1, 0.15) is 5.76 Å². The number of aliphatic hydroxyl groups is 1. The van der Waals surface area contributed by atoms with Crippen molar-refractivity contribution in [1.29, 1.82) is 0 Å². The summed E-state index contributed by atoms with van der Waals surface area (Å²) < 4.78 is 0. The molecule has 0 unspecified atom stereocenters. The zero-order chi connectivity index (χ0) is 7.70. The van der Waals surface area contributed by atoms with E-state index in [4.69, 9.17) is 5.11 Å². The summed E-state index contributed by atoms with van der Waals surface area (Å²) in [7, 11) is 0. The molecule has 0 aliphatic heterocycles. The summed E-state index contributed by atoms with van der Waals surface area (Å²) in [4.78, 5) is 0. The van der Waals surface area contributed by atoms with Crippen LogP contribution in [0.4, 0.5) is 0 Å². The summed E-state index contributed by atoms with van der Waals surface area (Å²) in [5, 5.41) is 8.53. The molecule has 0 fully saturated rings. The van der Waals surface area contributed by atoms with E-state index in [1.807, 2.05) is 0 Å². The zero-order valence-corrected chi connectivity index (χ0v) is 5.51. The Labute approximate surface area is 56.3 Å². The lowest BCUT2D eigenvalue weighted by Crippen LogP contribution is -1.66. The first kappa shape index (κ1) is 10.7. The average Bonchev–Trinajstić information content (AvgIpc) is 1.93. The Morgan fingerprint density at radius 3 is 1.78 bits per heavy atom. The van der Waals surface area contributed by atoms with E-state index in [9.17, 15) is 0 Å². The largest absolute Gasteiger partial charge is 0.508 e. The molecule has 0 saturated heterocycles. The summed E-state index contributed by atoms with van der Waals surface area (Å²) >= 11 is 0. The van der Waals surface area contributed by atoms with Gasteiger partial charge >= 0.3 is 0 Å². The fourth-order valence-electron chi connectivity index (χ4n) is 0.189. The summed E-state index contributed by atoms with van der Waals surface area (Å²) in [6.45, 7) is 12.7. The molecule has 9 heavy (non-hydrogen) atoms. The first-order chi connectivity index (χ1) is 4.31. The van der Waals surface area contributed by atoms with Crippen molar-refractivity contribution >= 4 is 0 Å². The lowest BCUT2D eigenvalue weighted by Gasteiger charge is -1.80. The van der Waals surface area contributed by atoms with Gasteiger partial charge in [-0.15, -0.1) is 13.2 Å². The van der Waals surface area contributed by atoms with Crippen molar-refractivity contribution in [3.05, 3.63) is 50.3 Å². The Hall–Kier alpha value is -1.24. The van der Waals surface area contributed by atoms with Crippen LogP contribution >= 0.6 is 0 Å². The van der Waals surface area contributed by atoms with Crippen LogP contribution in [0.1, 0.15) is 0 Å². The van der Waals surface area contributed by atoms with E-state index in [1.54, 1.807) is 0 Å². The Bertz CT molecular complexity index is 112. The van der Waals surface area contributed by atoms with Crippen molar-refractivity contribution < 1.29 is 5.11 Å². The predicted molar refractivity (Wildman–Crippen MR) is 42.4 cm³/mol. The van der Waals surface area contributed by atoms with E-state index in [0.29, 0.717) is 0 Å². The average molecular weight is 124 g/mol. The van der Waals surface area contributed by atoms with E-state index in [2.05, 4.69) is 26.3 Å². The molecule has 0 aromatic heterocycles. The van der Waals surface area contributed by atoms with Crippen LogP contribution in [0.25, 0.3) is 0 Å². The molecule has 0 amide bonds.